The summed E-state index contributed by atoms with van der Waals surface area (Å²) in [5.41, 5.74) is 0.693. The summed E-state index contributed by atoms with van der Waals surface area (Å²) in [6, 6.07) is 4.87. The van der Waals surface area contributed by atoms with Gasteiger partial charge in [0.1, 0.15) is 17.0 Å². The number of hydrogen-bond donors (Lipinski definition) is 1. The zero-order chi connectivity index (χ0) is 13.3. The lowest BCUT2D eigenvalue weighted by molar-refractivity contribution is -0.117. The lowest BCUT2D eigenvalue weighted by Gasteiger charge is -2.15. The third-order valence-electron chi connectivity index (χ3n) is 2.73. The molecule has 1 aliphatic heterocycles. The minimum atomic E-state index is -3.72. The van der Waals surface area contributed by atoms with Gasteiger partial charge in [0.25, 0.3) is 0 Å². The van der Waals surface area contributed by atoms with Crippen LogP contribution >= 0.6 is 0 Å². The number of sulfonamides is 1. The van der Waals surface area contributed by atoms with Crippen molar-refractivity contribution in [2.45, 2.75) is 11.7 Å². The Morgan fingerprint density at radius 1 is 1.50 bits per heavy atom. The van der Waals surface area contributed by atoms with Gasteiger partial charge in [-0.1, -0.05) is 0 Å². The Morgan fingerprint density at radius 2 is 2.22 bits per heavy atom. The summed E-state index contributed by atoms with van der Waals surface area (Å²) in [6.07, 6.45) is 1.24. The van der Waals surface area contributed by atoms with Crippen LogP contribution in [0.1, 0.15) is 12.1 Å². The molecule has 2 N–H and O–H groups in total. The smallest absolute Gasteiger partial charge is 0.228 e. The number of carbonyl (C=O) groups is 1. The molecule has 0 radical (unpaired) electrons. The molecule has 0 spiro atoms. The van der Waals surface area contributed by atoms with Crippen LogP contribution < -0.4 is 10.0 Å². The van der Waals surface area contributed by atoms with Gasteiger partial charge in [0, 0.05) is 13.0 Å². The first-order valence-electron chi connectivity index (χ1n) is 5.10. The van der Waals surface area contributed by atoms with Crippen LogP contribution in [-0.4, -0.2) is 31.1 Å². The Balaban J connectivity index is 2.25. The number of nitrogens with zero attached hydrogens (tertiary/aromatic N) is 3. The van der Waals surface area contributed by atoms with E-state index in [9.17, 15) is 13.2 Å². The first kappa shape index (κ1) is 12.5. The van der Waals surface area contributed by atoms with E-state index in [0.717, 1.165) is 0 Å². The molecular formula is C10H10N4O3S. The van der Waals surface area contributed by atoms with Crippen molar-refractivity contribution in [2.24, 2.45) is 5.14 Å². The molecule has 1 fully saturated rings. The number of amides is 1. The van der Waals surface area contributed by atoms with E-state index in [1.54, 1.807) is 6.07 Å². The van der Waals surface area contributed by atoms with Crippen molar-refractivity contribution in [2.75, 3.05) is 11.4 Å². The molecule has 1 atom stereocenters. The zero-order valence-electron chi connectivity index (χ0n) is 9.28. The molecule has 8 heteroatoms. The minimum absolute atomic E-state index is 0.0191. The molecule has 1 saturated heterocycles. The summed E-state index contributed by atoms with van der Waals surface area (Å²) in [6.45, 7) is 0.0191. The van der Waals surface area contributed by atoms with Crippen LogP contribution in [0.5, 0.6) is 0 Å². The monoisotopic (exact) mass is 266 g/mol. The van der Waals surface area contributed by atoms with Gasteiger partial charge in [-0.15, -0.1) is 0 Å². The van der Waals surface area contributed by atoms with E-state index < -0.39 is 15.3 Å². The number of nitriles is 1. The van der Waals surface area contributed by atoms with Gasteiger partial charge >= 0.3 is 0 Å². The van der Waals surface area contributed by atoms with Gasteiger partial charge in [0.05, 0.1) is 11.9 Å². The molecule has 1 aliphatic rings. The van der Waals surface area contributed by atoms with Crippen LogP contribution in [0.25, 0.3) is 0 Å². The Hall–Kier alpha value is -1.98. The number of carbonyl (C=O) groups excluding carboxylic acids is 1. The molecule has 1 amide bonds. The molecule has 0 aliphatic carbocycles. The third kappa shape index (κ3) is 2.32. The van der Waals surface area contributed by atoms with Crippen molar-refractivity contribution in [1.82, 2.24) is 4.98 Å². The molecular weight excluding hydrogens is 256 g/mol. The summed E-state index contributed by atoms with van der Waals surface area (Å²) in [7, 11) is -3.72. The fraction of sp³-hybridized carbons (Fsp3) is 0.300. The Kier molecular flexibility index (Phi) is 3.02. The quantitative estimate of drug-likeness (QED) is 0.763. The fourth-order valence-electron chi connectivity index (χ4n) is 1.76. The topological polar surface area (TPSA) is 117 Å². The molecule has 1 aromatic heterocycles. The van der Waals surface area contributed by atoms with Crippen LogP contribution in [-0.2, 0) is 14.8 Å². The number of rotatable bonds is 2. The summed E-state index contributed by atoms with van der Waals surface area (Å²) < 4.78 is 22.4. The first-order valence-corrected chi connectivity index (χ1v) is 6.71. The number of anilines is 1. The second kappa shape index (κ2) is 4.36. The summed E-state index contributed by atoms with van der Waals surface area (Å²) in [5.74, 6) is -0.319. The van der Waals surface area contributed by atoms with Gasteiger partial charge in [0.2, 0.25) is 15.9 Å². The van der Waals surface area contributed by atoms with E-state index in [1.807, 2.05) is 6.07 Å². The van der Waals surface area contributed by atoms with Gasteiger partial charge < -0.3 is 4.90 Å². The van der Waals surface area contributed by atoms with E-state index in [2.05, 4.69) is 4.98 Å². The van der Waals surface area contributed by atoms with Crippen LogP contribution in [0.3, 0.4) is 0 Å². The van der Waals surface area contributed by atoms with E-state index in [1.165, 1.54) is 17.2 Å². The highest BCUT2D eigenvalue weighted by molar-refractivity contribution is 7.89. The number of nitrogens with two attached hydrogens (primary N) is 1. The number of primary sulfonamides is 1. The Bertz CT molecular complexity index is 618. The van der Waals surface area contributed by atoms with Gasteiger partial charge in [-0.3, -0.25) is 4.79 Å². The third-order valence-corrected chi connectivity index (χ3v) is 3.97. The Labute approximate surface area is 104 Å². The number of hydrogen-bond acceptors (Lipinski definition) is 5. The van der Waals surface area contributed by atoms with Gasteiger partial charge in [-0.2, -0.15) is 5.26 Å². The summed E-state index contributed by atoms with van der Waals surface area (Å²) >= 11 is 0. The lowest BCUT2D eigenvalue weighted by Crippen LogP contribution is -2.32. The summed E-state index contributed by atoms with van der Waals surface area (Å²) in [5, 5.41) is 12.7. The predicted molar refractivity (Wildman–Crippen MR) is 62.8 cm³/mol. The van der Waals surface area contributed by atoms with Crippen molar-refractivity contribution in [3.8, 4) is 6.07 Å². The molecule has 2 heterocycles. The fourth-order valence-corrected chi connectivity index (χ4v) is 2.49. The lowest BCUT2D eigenvalue weighted by atomic mass is 10.3. The molecule has 94 valence electrons. The maximum Gasteiger partial charge on any atom is 0.228 e. The molecule has 0 saturated carbocycles. The molecule has 2 rings (SSSR count). The largest absolute Gasteiger partial charge is 0.309 e. The highest BCUT2D eigenvalue weighted by Gasteiger charge is 2.37. The molecule has 7 nitrogen and oxygen atoms in total. The highest BCUT2D eigenvalue weighted by atomic mass is 32.2. The van der Waals surface area contributed by atoms with E-state index in [0.29, 0.717) is 5.69 Å². The van der Waals surface area contributed by atoms with Crippen molar-refractivity contribution in [3.63, 3.8) is 0 Å². The zero-order valence-corrected chi connectivity index (χ0v) is 10.1. The van der Waals surface area contributed by atoms with Crippen molar-refractivity contribution >= 4 is 21.6 Å². The standard InChI is InChI=1S/C10H10N4O3S/c11-4-7-1-2-8(5-13-7)14-6-9(3-10(14)15)18(12,16)17/h1-2,5,9H,3,6H2,(H2,12,16,17). The number of aromatic nitrogens is 1. The molecule has 0 aromatic carbocycles. The van der Waals surface area contributed by atoms with Crippen LogP contribution in [0, 0.1) is 11.3 Å². The second-order valence-corrected chi connectivity index (χ2v) is 5.78. The maximum atomic E-state index is 11.7. The molecule has 18 heavy (non-hydrogen) atoms. The summed E-state index contributed by atoms with van der Waals surface area (Å²) in [4.78, 5) is 16.8. The SMILES string of the molecule is N#Cc1ccc(N2CC(S(N)(=O)=O)CC2=O)cn1. The van der Waals surface area contributed by atoms with Crippen molar-refractivity contribution < 1.29 is 13.2 Å². The normalized spacial score (nSPS) is 19.9. The van der Waals surface area contributed by atoms with Gasteiger partial charge in [-0.05, 0) is 12.1 Å². The Morgan fingerprint density at radius 3 is 2.67 bits per heavy atom. The average molecular weight is 266 g/mol. The number of pyridine rings is 1. The predicted octanol–water partition coefficient (Wildman–Crippen LogP) is -0.653. The first-order chi connectivity index (χ1) is 8.41. The maximum absolute atomic E-state index is 11.7. The molecule has 0 bridgehead atoms. The second-order valence-electron chi connectivity index (χ2n) is 3.93. The van der Waals surface area contributed by atoms with E-state index in [-0.39, 0.29) is 24.6 Å². The van der Waals surface area contributed by atoms with Crippen LogP contribution in [0.15, 0.2) is 18.3 Å². The van der Waals surface area contributed by atoms with E-state index in [4.69, 9.17) is 10.4 Å². The van der Waals surface area contributed by atoms with Crippen molar-refractivity contribution in [1.29, 1.82) is 5.26 Å². The van der Waals surface area contributed by atoms with Crippen molar-refractivity contribution in [3.05, 3.63) is 24.0 Å². The van der Waals surface area contributed by atoms with Crippen LogP contribution in [0.2, 0.25) is 0 Å². The minimum Gasteiger partial charge on any atom is -0.309 e. The molecule has 1 aromatic rings. The van der Waals surface area contributed by atoms with Crippen LogP contribution in [0.4, 0.5) is 5.69 Å². The molecule has 1 unspecified atom stereocenters. The van der Waals surface area contributed by atoms with E-state index >= 15 is 0 Å². The van der Waals surface area contributed by atoms with Gasteiger partial charge in [0.15, 0.2) is 0 Å². The average Bonchev–Trinajstić information content (AvgIpc) is 2.71. The highest BCUT2D eigenvalue weighted by Crippen LogP contribution is 2.23. The van der Waals surface area contributed by atoms with Gasteiger partial charge in [-0.25, -0.2) is 18.5 Å².